The number of carboxylic acids is 1. The lowest BCUT2D eigenvalue weighted by molar-refractivity contribution is -0.135. The van der Waals surface area contributed by atoms with Crippen LogP contribution in [-0.4, -0.2) is 16.1 Å². The van der Waals surface area contributed by atoms with Crippen molar-refractivity contribution in [1.82, 2.24) is 4.98 Å². The Morgan fingerprint density at radius 3 is 2.71 bits per heavy atom. The molecule has 0 unspecified atom stereocenters. The van der Waals surface area contributed by atoms with Gasteiger partial charge in [-0.3, -0.25) is 9.78 Å². The predicted molar refractivity (Wildman–Crippen MR) is 66.7 cm³/mol. The molecule has 0 atom stereocenters. The fraction of sp³-hybridized carbons (Fsp3) is 0.429. The Balaban J connectivity index is 2.52. The van der Waals surface area contributed by atoms with Gasteiger partial charge < -0.3 is 5.11 Å². The van der Waals surface area contributed by atoms with Crippen LogP contribution in [0.15, 0.2) is 24.5 Å². The first-order valence-electron chi connectivity index (χ1n) is 6.01. The zero-order valence-corrected chi connectivity index (χ0v) is 10.2. The maximum atomic E-state index is 10.9. The van der Waals surface area contributed by atoms with E-state index in [2.05, 4.69) is 24.9 Å². The minimum Gasteiger partial charge on any atom is -0.481 e. The summed E-state index contributed by atoms with van der Waals surface area (Å²) in [4.78, 5) is 15.1. The summed E-state index contributed by atoms with van der Waals surface area (Å²) in [7, 11) is 0. The van der Waals surface area contributed by atoms with Crippen LogP contribution < -0.4 is 0 Å². The Morgan fingerprint density at radius 1 is 1.41 bits per heavy atom. The van der Waals surface area contributed by atoms with Gasteiger partial charge in [-0.2, -0.15) is 0 Å². The Kier molecular flexibility index (Phi) is 3.01. The van der Waals surface area contributed by atoms with Crippen molar-refractivity contribution in [2.75, 3.05) is 0 Å². The quantitative estimate of drug-likeness (QED) is 0.866. The first-order valence-corrected chi connectivity index (χ1v) is 6.01. The zero-order valence-electron chi connectivity index (χ0n) is 10.2. The van der Waals surface area contributed by atoms with Crippen LogP contribution in [0.1, 0.15) is 44.2 Å². The third kappa shape index (κ3) is 1.86. The molecule has 0 radical (unpaired) electrons. The molecule has 2 rings (SSSR count). The zero-order chi connectivity index (χ0) is 12.5. The van der Waals surface area contributed by atoms with E-state index in [1.54, 1.807) is 6.20 Å². The van der Waals surface area contributed by atoms with Gasteiger partial charge in [0.2, 0.25) is 0 Å². The SMILES string of the molecule is CCC1(CC)C=C(CC(=O)O)c2ccncc21. The van der Waals surface area contributed by atoms with E-state index in [1.165, 1.54) is 5.56 Å². The maximum Gasteiger partial charge on any atom is 0.307 e. The molecule has 3 nitrogen and oxygen atoms in total. The predicted octanol–water partition coefficient (Wildman–Crippen LogP) is 3.01. The highest BCUT2D eigenvalue weighted by molar-refractivity contribution is 5.88. The van der Waals surface area contributed by atoms with Crippen LogP contribution in [0.25, 0.3) is 5.57 Å². The molecule has 17 heavy (non-hydrogen) atoms. The molecule has 0 fully saturated rings. The van der Waals surface area contributed by atoms with E-state index in [9.17, 15) is 4.79 Å². The molecule has 0 saturated carbocycles. The van der Waals surface area contributed by atoms with Gasteiger partial charge in [0.1, 0.15) is 0 Å². The fourth-order valence-electron chi connectivity index (χ4n) is 2.70. The van der Waals surface area contributed by atoms with Gasteiger partial charge in [0.05, 0.1) is 6.42 Å². The fourth-order valence-corrected chi connectivity index (χ4v) is 2.70. The van der Waals surface area contributed by atoms with E-state index in [0.29, 0.717) is 0 Å². The van der Waals surface area contributed by atoms with E-state index in [-0.39, 0.29) is 11.8 Å². The van der Waals surface area contributed by atoms with E-state index in [4.69, 9.17) is 5.11 Å². The smallest absolute Gasteiger partial charge is 0.307 e. The van der Waals surface area contributed by atoms with E-state index in [0.717, 1.165) is 24.0 Å². The van der Waals surface area contributed by atoms with Crippen molar-refractivity contribution in [3.63, 3.8) is 0 Å². The van der Waals surface area contributed by atoms with Crippen LogP contribution in [0.4, 0.5) is 0 Å². The summed E-state index contributed by atoms with van der Waals surface area (Å²) in [6.07, 6.45) is 7.80. The summed E-state index contributed by atoms with van der Waals surface area (Å²) in [5, 5.41) is 8.96. The van der Waals surface area contributed by atoms with Gasteiger partial charge in [0, 0.05) is 17.8 Å². The van der Waals surface area contributed by atoms with Gasteiger partial charge in [-0.15, -0.1) is 0 Å². The highest BCUT2D eigenvalue weighted by Gasteiger charge is 2.35. The molecule has 1 aromatic heterocycles. The lowest BCUT2D eigenvalue weighted by atomic mass is 9.79. The Morgan fingerprint density at radius 2 is 2.12 bits per heavy atom. The van der Waals surface area contributed by atoms with Gasteiger partial charge in [-0.1, -0.05) is 19.9 Å². The molecule has 0 aliphatic heterocycles. The number of aromatic nitrogens is 1. The van der Waals surface area contributed by atoms with Crippen LogP contribution in [0, 0.1) is 0 Å². The average Bonchev–Trinajstić information content (AvgIpc) is 2.64. The van der Waals surface area contributed by atoms with Crippen molar-refractivity contribution >= 4 is 11.5 Å². The normalized spacial score (nSPS) is 16.5. The molecule has 1 aliphatic carbocycles. The highest BCUT2D eigenvalue weighted by atomic mass is 16.4. The molecule has 1 N–H and O–H groups in total. The van der Waals surface area contributed by atoms with Crippen LogP contribution in [-0.2, 0) is 10.2 Å². The summed E-state index contributed by atoms with van der Waals surface area (Å²) in [5.74, 6) is -0.776. The van der Waals surface area contributed by atoms with Gasteiger partial charge in [-0.05, 0) is 35.6 Å². The molecular formula is C14H17NO2. The van der Waals surface area contributed by atoms with Crippen molar-refractivity contribution < 1.29 is 9.90 Å². The van der Waals surface area contributed by atoms with Crippen molar-refractivity contribution in [3.8, 4) is 0 Å². The third-order valence-corrected chi connectivity index (χ3v) is 3.76. The summed E-state index contributed by atoms with van der Waals surface area (Å²) >= 11 is 0. The second-order valence-corrected chi connectivity index (χ2v) is 4.52. The monoisotopic (exact) mass is 231 g/mol. The second kappa shape index (κ2) is 4.32. The topological polar surface area (TPSA) is 50.2 Å². The molecule has 3 heteroatoms. The Labute approximate surface area is 101 Å². The first-order chi connectivity index (χ1) is 8.13. The highest BCUT2D eigenvalue weighted by Crippen LogP contribution is 2.45. The average molecular weight is 231 g/mol. The van der Waals surface area contributed by atoms with Gasteiger partial charge in [0.25, 0.3) is 0 Å². The molecular weight excluding hydrogens is 214 g/mol. The minimum absolute atomic E-state index is 0.0195. The van der Waals surface area contributed by atoms with Crippen molar-refractivity contribution in [3.05, 3.63) is 35.7 Å². The number of aliphatic carboxylic acids is 1. The number of hydrogen-bond donors (Lipinski definition) is 1. The van der Waals surface area contributed by atoms with Crippen molar-refractivity contribution in [2.45, 2.75) is 38.5 Å². The number of carboxylic acid groups (broad SMARTS) is 1. The lowest BCUT2D eigenvalue weighted by Gasteiger charge is -2.25. The summed E-state index contributed by atoms with van der Waals surface area (Å²) < 4.78 is 0. The summed E-state index contributed by atoms with van der Waals surface area (Å²) in [6.45, 7) is 4.28. The molecule has 0 aromatic carbocycles. The number of hydrogen-bond acceptors (Lipinski definition) is 2. The van der Waals surface area contributed by atoms with Crippen LogP contribution in [0.5, 0.6) is 0 Å². The maximum absolute atomic E-state index is 10.9. The molecule has 90 valence electrons. The number of fused-ring (bicyclic) bond motifs is 1. The molecule has 1 aromatic rings. The van der Waals surface area contributed by atoms with Crippen LogP contribution in [0.3, 0.4) is 0 Å². The number of rotatable bonds is 4. The van der Waals surface area contributed by atoms with Crippen molar-refractivity contribution in [1.29, 1.82) is 0 Å². The molecule has 0 saturated heterocycles. The van der Waals surface area contributed by atoms with Crippen LogP contribution in [0.2, 0.25) is 0 Å². The third-order valence-electron chi connectivity index (χ3n) is 3.76. The number of allylic oxidation sites excluding steroid dienone is 1. The van der Waals surface area contributed by atoms with Gasteiger partial charge in [-0.25, -0.2) is 0 Å². The first kappa shape index (κ1) is 11.8. The number of pyridine rings is 1. The Hall–Kier alpha value is -1.64. The van der Waals surface area contributed by atoms with Gasteiger partial charge in [0.15, 0.2) is 0 Å². The Bertz CT molecular complexity index is 473. The van der Waals surface area contributed by atoms with E-state index >= 15 is 0 Å². The lowest BCUT2D eigenvalue weighted by Crippen LogP contribution is -2.19. The van der Waals surface area contributed by atoms with Crippen LogP contribution >= 0.6 is 0 Å². The summed E-state index contributed by atoms with van der Waals surface area (Å²) in [5.41, 5.74) is 3.15. The minimum atomic E-state index is -0.776. The second-order valence-electron chi connectivity index (χ2n) is 4.52. The van der Waals surface area contributed by atoms with Crippen molar-refractivity contribution in [2.24, 2.45) is 0 Å². The molecule has 1 heterocycles. The van der Waals surface area contributed by atoms with E-state index < -0.39 is 5.97 Å². The molecule has 0 amide bonds. The molecule has 0 bridgehead atoms. The number of carbonyl (C=O) groups is 1. The largest absolute Gasteiger partial charge is 0.481 e. The van der Waals surface area contributed by atoms with Gasteiger partial charge >= 0.3 is 5.97 Å². The molecule has 1 aliphatic rings. The number of nitrogens with zero attached hydrogens (tertiary/aromatic N) is 1. The molecule has 0 spiro atoms. The standard InChI is InChI=1S/C14H17NO2/c1-3-14(4-2)8-10(7-13(16)17)11-5-6-15-9-12(11)14/h5-6,8-9H,3-4,7H2,1-2H3,(H,16,17). The summed E-state index contributed by atoms with van der Waals surface area (Å²) in [6, 6.07) is 1.93. The van der Waals surface area contributed by atoms with E-state index in [1.807, 2.05) is 12.3 Å².